The molecular weight excluding hydrogens is 237 g/mol. The Hall–Kier alpha value is -1.24. The molecule has 0 aliphatic carbocycles. The molecule has 78 valence electrons. The van der Waals surface area contributed by atoms with Gasteiger partial charge in [0.25, 0.3) is 0 Å². The molecule has 0 aliphatic heterocycles. The minimum Gasteiger partial charge on any atom is -0.476 e. The quantitative estimate of drug-likeness (QED) is 0.493. The summed E-state index contributed by atoms with van der Waals surface area (Å²) in [6.07, 6.45) is 0.503. The molecule has 0 bridgehead atoms. The monoisotopic (exact) mass is 243 g/mol. The third-order valence-electron chi connectivity index (χ3n) is 1.51. The normalized spacial score (nSPS) is 9.20. The molecule has 1 aromatic rings. The van der Waals surface area contributed by atoms with Gasteiger partial charge in [-0.1, -0.05) is 23.4 Å². The summed E-state index contributed by atoms with van der Waals surface area (Å²) in [5.41, 5.74) is 0.210. The van der Waals surface area contributed by atoms with Crippen molar-refractivity contribution in [3.8, 4) is 11.8 Å². The maximum atomic E-state index is 10.8. The predicted molar refractivity (Wildman–Crippen MR) is 58.4 cm³/mol. The van der Waals surface area contributed by atoms with E-state index in [0.29, 0.717) is 17.9 Å². The van der Waals surface area contributed by atoms with Crippen LogP contribution in [0.25, 0.3) is 0 Å². The summed E-state index contributed by atoms with van der Waals surface area (Å²) < 4.78 is 0. The van der Waals surface area contributed by atoms with E-state index in [0.717, 1.165) is 0 Å². The van der Waals surface area contributed by atoms with Gasteiger partial charge in [-0.3, -0.25) is 0 Å². The van der Waals surface area contributed by atoms with E-state index in [1.165, 1.54) is 12.1 Å². The van der Waals surface area contributed by atoms with Crippen LogP contribution in [0.2, 0.25) is 5.15 Å². The molecule has 1 aromatic heterocycles. The summed E-state index contributed by atoms with van der Waals surface area (Å²) in [5.74, 6) is 4.69. The summed E-state index contributed by atoms with van der Waals surface area (Å²) >= 11 is 11.0. The number of pyridine rings is 1. The highest BCUT2D eigenvalue weighted by molar-refractivity contribution is 6.29. The minimum atomic E-state index is -1.15. The second kappa shape index (κ2) is 5.59. The van der Waals surface area contributed by atoms with E-state index in [2.05, 4.69) is 16.8 Å². The summed E-state index contributed by atoms with van der Waals surface area (Å²) in [6, 6.07) is 3.03. The minimum absolute atomic E-state index is 0.135. The van der Waals surface area contributed by atoms with Crippen molar-refractivity contribution < 1.29 is 9.90 Å². The third kappa shape index (κ3) is 3.43. The second-order valence-corrected chi connectivity index (χ2v) is 3.34. The molecule has 0 saturated carbocycles. The number of aromatic nitrogens is 1. The van der Waals surface area contributed by atoms with E-state index < -0.39 is 5.97 Å². The van der Waals surface area contributed by atoms with Crippen LogP contribution >= 0.6 is 23.2 Å². The van der Waals surface area contributed by atoms with Gasteiger partial charge in [0.15, 0.2) is 5.69 Å². The number of hydrogen-bond acceptors (Lipinski definition) is 2. The van der Waals surface area contributed by atoms with Gasteiger partial charge in [-0.05, 0) is 12.1 Å². The number of rotatable bonds is 2. The number of alkyl halides is 1. The average molecular weight is 244 g/mol. The highest BCUT2D eigenvalue weighted by atomic mass is 35.5. The van der Waals surface area contributed by atoms with Crippen molar-refractivity contribution >= 4 is 29.2 Å². The molecule has 15 heavy (non-hydrogen) atoms. The van der Waals surface area contributed by atoms with Gasteiger partial charge in [0.2, 0.25) is 0 Å². The van der Waals surface area contributed by atoms with Crippen molar-refractivity contribution in [3.63, 3.8) is 0 Å². The van der Waals surface area contributed by atoms with Crippen LogP contribution in [-0.2, 0) is 0 Å². The van der Waals surface area contributed by atoms with E-state index in [9.17, 15) is 4.79 Å². The van der Waals surface area contributed by atoms with Crippen LogP contribution < -0.4 is 0 Å². The first-order valence-corrected chi connectivity index (χ1v) is 5.01. The van der Waals surface area contributed by atoms with Crippen LogP contribution in [-0.4, -0.2) is 21.9 Å². The number of carbonyl (C=O) groups is 1. The van der Waals surface area contributed by atoms with Gasteiger partial charge in [0.05, 0.1) is 5.56 Å². The second-order valence-electron chi connectivity index (χ2n) is 2.58. The molecule has 0 amide bonds. The number of hydrogen-bond donors (Lipinski definition) is 1. The molecule has 3 nitrogen and oxygen atoms in total. The Morgan fingerprint density at radius 3 is 2.87 bits per heavy atom. The lowest BCUT2D eigenvalue weighted by atomic mass is 10.2. The van der Waals surface area contributed by atoms with Gasteiger partial charge in [-0.15, -0.1) is 11.6 Å². The molecule has 1 heterocycles. The van der Waals surface area contributed by atoms with Crippen LogP contribution in [0.15, 0.2) is 12.1 Å². The molecule has 0 atom stereocenters. The van der Waals surface area contributed by atoms with E-state index in [1.807, 2.05) is 0 Å². The smallest absolute Gasteiger partial charge is 0.355 e. The maximum Gasteiger partial charge on any atom is 0.355 e. The zero-order valence-electron chi connectivity index (χ0n) is 7.63. The molecule has 5 heteroatoms. The number of aromatic carboxylic acids is 1. The van der Waals surface area contributed by atoms with Crippen molar-refractivity contribution in [3.05, 3.63) is 28.5 Å². The van der Waals surface area contributed by atoms with Gasteiger partial charge in [0.1, 0.15) is 5.15 Å². The van der Waals surface area contributed by atoms with Gasteiger partial charge in [-0.25, -0.2) is 9.78 Å². The van der Waals surface area contributed by atoms with Crippen LogP contribution in [0.1, 0.15) is 22.5 Å². The van der Waals surface area contributed by atoms with Crippen LogP contribution in [0.3, 0.4) is 0 Å². The zero-order valence-corrected chi connectivity index (χ0v) is 9.14. The lowest BCUT2D eigenvalue weighted by Gasteiger charge is -1.97. The van der Waals surface area contributed by atoms with Crippen LogP contribution in [0.5, 0.6) is 0 Å². The number of carboxylic acids is 1. The number of nitrogens with zero attached hydrogens (tertiary/aromatic N) is 1. The fourth-order valence-corrected chi connectivity index (χ4v) is 1.15. The Bertz CT molecular complexity index is 435. The highest BCUT2D eigenvalue weighted by Gasteiger charge is 2.10. The molecule has 0 saturated heterocycles. The fraction of sp³-hybridized carbons (Fsp3) is 0.200. The molecule has 0 unspecified atom stereocenters. The Labute approximate surface area is 97.0 Å². The van der Waals surface area contributed by atoms with Gasteiger partial charge >= 0.3 is 5.97 Å². The topological polar surface area (TPSA) is 50.2 Å². The zero-order chi connectivity index (χ0) is 11.3. The number of halogens is 2. The molecular formula is C10H7Cl2NO2. The van der Waals surface area contributed by atoms with E-state index in [-0.39, 0.29) is 10.8 Å². The molecule has 0 spiro atoms. The van der Waals surface area contributed by atoms with Crippen molar-refractivity contribution in [1.29, 1.82) is 0 Å². The van der Waals surface area contributed by atoms with Crippen molar-refractivity contribution in [2.24, 2.45) is 0 Å². The Kier molecular flexibility index (Phi) is 4.41. The fourth-order valence-electron chi connectivity index (χ4n) is 0.904. The highest BCUT2D eigenvalue weighted by Crippen LogP contribution is 2.10. The molecule has 0 fully saturated rings. The van der Waals surface area contributed by atoms with E-state index in [4.69, 9.17) is 28.3 Å². The molecule has 1 N–H and O–H groups in total. The first kappa shape index (κ1) is 11.8. The summed E-state index contributed by atoms with van der Waals surface area (Å²) in [7, 11) is 0. The molecule has 0 radical (unpaired) electrons. The molecule has 0 aromatic carbocycles. The summed E-state index contributed by atoms with van der Waals surface area (Å²) in [5, 5.41) is 8.97. The SMILES string of the molecule is O=C(O)c1nc(Cl)ccc1C#CCCCl. The summed E-state index contributed by atoms with van der Waals surface area (Å²) in [4.78, 5) is 14.5. The largest absolute Gasteiger partial charge is 0.476 e. The van der Waals surface area contributed by atoms with Crippen molar-refractivity contribution in [1.82, 2.24) is 4.98 Å². The van der Waals surface area contributed by atoms with Gasteiger partial charge < -0.3 is 5.11 Å². The Balaban J connectivity index is 3.08. The van der Waals surface area contributed by atoms with Crippen molar-refractivity contribution in [2.75, 3.05) is 5.88 Å². The Morgan fingerprint density at radius 1 is 1.53 bits per heavy atom. The lowest BCUT2D eigenvalue weighted by molar-refractivity contribution is 0.0690. The summed E-state index contributed by atoms with van der Waals surface area (Å²) in [6.45, 7) is 0. The van der Waals surface area contributed by atoms with Gasteiger partial charge in [0, 0.05) is 12.3 Å². The van der Waals surface area contributed by atoms with Crippen LogP contribution in [0, 0.1) is 11.8 Å². The predicted octanol–water partition coefficient (Wildman–Crippen LogP) is 2.41. The maximum absolute atomic E-state index is 10.8. The first-order chi connectivity index (χ1) is 7.15. The first-order valence-electron chi connectivity index (χ1n) is 4.10. The van der Waals surface area contributed by atoms with Gasteiger partial charge in [-0.2, -0.15) is 0 Å². The average Bonchev–Trinajstić information content (AvgIpc) is 2.20. The van der Waals surface area contributed by atoms with Crippen molar-refractivity contribution in [2.45, 2.75) is 6.42 Å². The van der Waals surface area contributed by atoms with Crippen LogP contribution in [0.4, 0.5) is 0 Å². The van der Waals surface area contributed by atoms with E-state index in [1.54, 1.807) is 0 Å². The Morgan fingerprint density at radius 2 is 2.27 bits per heavy atom. The number of carboxylic acid groups (broad SMARTS) is 1. The molecule has 1 rings (SSSR count). The third-order valence-corrected chi connectivity index (χ3v) is 1.91. The standard InChI is InChI=1S/C10H7Cl2NO2/c11-6-2-1-3-7-4-5-8(12)13-9(7)10(14)15/h4-5H,2,6H2,(H,14,15). The lowest BCUT2D eigenvalue weighted by Crippen LogP contribution is -2.03. The molecule has 0 aliphatic rings. The van der Waals surface area contributed by atoms with E-state index >= 15 is 0 Å².